The van der Waals surface area contributed by atoms with Crippen molar-refractivity contribution in [2.24, 2.45) is 0 Å². The number of carbonyl (C=O) groups excluding carboxylic acids is 2. The summed E-state index contributed by atoms with van der Waals surface area (Å²) in [5.41, 5.74) is 2.61. The molecule has 0 aliphatic carbocycles. The third-order valence-electron chi connectivity index (χ3n) is 6.66. The van der Waals surface area contributed by atoms with Crippen LogP contribution in [0.3, 0.4) is 0 Å². The van der Waals surface area contributed by atoms with Gasteiger partial charge in [0.25, 0.3) is 5.91 Å². The second kappa shape index (κ2) is 7.39. The number of H-pyrrole nitrogens is 1. The molecular weight excluding hydrogens is 414 g/mol. The maximum absolute atomic E-state index is 13.7. The molecule has 2 atom stereocenters. The molecule has 5 rings (SSSR count). The van der Waals surface area contributed by atoms with Gasteiger partial charge < -0.3 is 19.5 Å². The first-order valence-electron chi connectivity index (χ1n) is 10.4. The second-order valence-corrected chi connectivity index (χ2v) is 8.74. The summed E-state index contributed by atoms with van der Waals surface area (Å²) in [6.07, 6.45) is 0. The van der Waals surface area contributed by atoms with Crippen molar-refractivity contribution >= 4 is 34.3 Å². The molecule has 0 radical (unpaired) electrons. The minimum atomic E-state index is -1.10. The van der Waals surface area contributed by atoms with Gasteiger partial charge in [-0.2, -0.15) is 0 Å². The van der Waals surface area contributed by atoms with E-state index in [0.29, 0.717) is 24.7 Å². The minimum absolute atomic E-state index is 0.0581. The number of para-hydroxylation sites is 1. The van der Waals surface area contributed by atoms with Gasteiger partial charge in [0.2, 0.25) is 5.91 Å². The van der Waals surface area contributed by atoms with Gasteiger partial charge in [0.15, 0.2) is 5.54 Å². The van der Waals surface area contributed by atoms with Crippen molar-refractivity contribution in [3.8, 4) is 0 Å². The zero-order chi connectivity index (χ0) is 21.8. The molecule has 2 aromatic carbocycles. The summed E-state index contributed by atoms with van der Waals surface area (Å²) in [4.78, 5) is 33.8. The summed E-state index contributed by atoms with van der Waals surface area (Å²) in [5.74, 6) is -0.288. The van der Waals surface area contributed by atoms with Gasteiger partial charge in [-0.1, -0.05) is 48.0 Å². The number of halogens is 1. The molecule has 3 aromatic rings. The van der Waals surface area contributed by atoms with E-state index in [-0.39, 0.29) is 24.3 Å². The molecule has 0 spiro atoms. The Balaban J connectivity index is 1.74. The van der Waals surface area contributed by atoms with Crippen molar-refractivity contribution < 1.29 is 14.3 Å². The Labute approximate surface area is 185 Å². The number of aromatic nitrogens is 1. The molecule has 0 saturated carbocycles. The molecule has 0 unspecified atom stereocenters. The Bertz CT molecular complexity index is 1190. The van der Waals surface area contributed by atoms with Gasteiger partial charge in [0.1, 0.15) is 0 Å². The number of fused-ring (bicyclic) bond motifs is 5. The van der Waals surface area contributed by atoms with Gasteiger partial charge >= 0.3 is 0 Å². The van der Waals surface area contributed by atoms with E-state index in [4.69, 9.17) is 16.3 Å². The highest BCUT2D eigenvalue weighted by atomic mass is 35.5. The molecule has 1 saturated heterocycles. The lowest BCUT2D eigenvalue weighted by atomic mass is 9.76. The van der Waals surface area contributed by atoms with Gasteiger partial charge in [-0.3, -0.25) is 9.59 Å². The topological polar surface area (TPSA) is 65.6 Å². The Morgan fingerprint density at radius 2 is 1.90 bits per heavy atom. The van der Waals surface area contributed by atoms with Gasteiger partial charge in [-0.05, 0) is 30.2 Å². The van der Waals surface area contributed by atoms with Crippen LogP contribution in [0, 0.1) is 0 Å². The van der Waals surface area contributed by atoms with Crippen molar-refractivity contribution in [2.75, 3.05) is 33.4 Å². The molecule has 160 valence electrons. The zero-order valence-electron chi connectivity index (χ0n) is 17.5. The van der Waals surface area contributed by atoms with Crippen LogP contribution >= 0.6 is 11.6 Å². The molecule has 1 fully saturated rings. The van der Waals surface area contributed by atoms with Crippen LogP contribution in [0.15, 0.2) is 48.5 Å². The lowest BCUT2D eigenvalue weighted by molar-refractivity contribution is -0.166. The first-order chi connectivity index (χ1) is 15.0. The lowest BCUT2D eigenvalue weighted by Crippen LogP contribution is -2.67. The van der Waals surface area contributed by atoms with Crippen LogP contribution in [0.5, 0.6) is 0 Å². The van der Waals surface area contributed by atoms with Crippen molar-refractivity contribution in [3.05, 3.63) is 70.4 Å². The second-order valence-electron chi connectivity index (χ2n) is 8.33. The average Bonchev–Trinajstić information content (AvgIpc) is 3.17. The number of nitrogens with zero attached hydrogens (tertiary/aromatic N) is 2. The van der Waals surface area contributed by atoms with Crippen LogP contribution in [0.1, 0.15) is 29.7 Å². The van der Waals surface area contributed by atoms with Crippen molar-refractivity contribution in [1.82, 2.24) is 14.8 Å². The Morgan fingerprint density at radius 1 is 1.16 bits per heavy atom. The van der Waals surface area contributed by atoms with Gasteiger partial charge in [-0.15, -0.1) is 0 Å². The summed E-state index contributed by atoms with van der Waals surface area (Å²) in [7, 11) is 1.59. The fraction of sp³-hybridized carbons (Fsp3) is 0.333. The number of amides is 2. The predicted octanol–water partition coefficient (Wildman–Crippen LogP) is 3.50. The van der Waals surface area contributed by atoms with E-state index < -0.39 is 5.54 Å². The third-order valence-corrected chi connectivity index (χ3v) is 7.01. The van der Waals surface area contributed by atoms with Gasteiger partial charge in [-0.25, -0.2) is 0 Å². The number of nitrogens with one attached hydrogen (secondary N) is 1. The molecule has 31 heavy (non-hydrogen) atoms. The Morgan fingerprint density at radius 3 is 2.68 bits per heavy atom. The van der Waals surface area contributed by atoms with E-state index in [0.717, 1.165) is 27.7 Å². The van der Waals surface area contributed by atoms with Crippen molar-refractivity contribution in [2.45, 2.75) is 18.4 Å². The van der Waals surface area contributed by atoms with Crippen LogP contribution in [-0.2, 0) is 19.9 Å². The Hall–Kier alpha value is -2.83. The molecule has 2 aliphatic heterocycles. The Kier molecular flexibility index (Phi) is 4.79. The maximum Gasteiger partial charge on any atom is 0.255 e. The van der Waals surface area contributed by atoms with Crippen molar-refractivity contribution in [1.29, 1.82) is 0 Å². The number of hydrogen-bond donors (Lipinski definition) is 1. The molecule has 6 nitrogen and oxygen atoms in total. The highest BCUT2D eigenvalue weighted by molar-refractivity contribution is 6.31. The third kappa shape index (κ3) is 2.89. The standard InChI is InChI=1S/C24H24ClN3O3/c1-24-22-21(16-8-4-6-10-19(16)26-22)17(15-7-3-5-9-18(15)25)13-28(24)20(29)14-27(23(24)30)11-12-31-2/h3-10,17,26H,11-14H2,1-2H3/t17-,24-/m0/s1. The van der Waals surface area contributed by atoms with E-state index in [1.165, 1.54) is 0 Å². The quantitative estimate of drug-likeness (QED) is 0.679. The van der Waals surface area contributed by atoms with E-state index >= 15 is 0 Å². The highest BCUT2D eigenvalue weighted by Crippen LogP contribution is 2.48. The zero-order valence-corrected chi connectivity index (χ0v) is 18.3. The molecule has 0 bridgehead atoms. The lowest BCUT2D eigenvalue weighted by Gasteiger charge is -2.51. The molecule has 2 aliphatic rings. The summed E-state index contributed by atoms with van der Waals surface area (Å²) in [5, 5.41) is 1.71. The molecule has 1 N–H and O–H groups in total. The number of piperazine rings is 1. The largest absolute Gasteiger partial charge is 0.383 e. The number of aromatic amines is 1. The minimum Gasteiger partial charge on any atom is -0.383 e. The SMILES string of the molecule is COCCN1CC(=O)N2C[C@@H](c3ccccc3Cl)c3c([nH]c4ccccc34)[C@@]2(C)C1=O. The van der Waals surface area contributed by atoms with E-state index in [9.17, 15) is 9.59 Å². The van der Waals surface area contributed by atoms with E-state index in [1.54, 1.807) is 16.9 Å². The van der Waals surface area contributed by atoms with Crippen molar-refractivity contribution in [3.63, 3.8) is 0 Å². The van der Waals surface area contributed by atoms with Crippen LogP contribution < -0.4 is 0 Å². The van der Waals surface area contributed by atoms with Crippen LogP contribution in [0.2, 0.25) is 5.02 Å². The molecule has 7 heteroatoms. The summed E-state index contributed by atoms with van der Waals surface area (Å²) in [6, 6.07) is 15.8. The summed E-state index contributed by atoms with van der Waals surface area (Å²) < 4.78 is 5.16. The first kappa shape index (κ1) is 20.1. The number of benzene rings is 2. The fourth-order valence-corrected chi connectivity index (χ4v) is 5.36. The van der Waals surface area contributed by atoms with Crippen LogP contribution in [-0.4, -0.2) is 59.9 Å². The van der Waals surface area contributed by atoms with Gasteiger partial charge in [0.05, 0.1) is 18.8 Å². The maximum atomic E-state index is 13.7. The number of carbonyl (C=O) groups is 2. The first-order valence-corrected chi connectivity index (χ1v) is 10.8. The number of methoxy groups -OCH3 is 1. The molecular formula is C24H24ClN3O3. The average molecular weight is 438 g/mol. The smallest absolute Gasteiger partial charge is 0.255 e. The normalized spacial score (nSPS) is 23.3. The van der Waals surface area contributed by atoms with E-state index in [1.807, 2.05) is 49.4 Å². The van der Waals surface area contributed by atoms with Crippen LogP contribution in [0.4, 0.5) is 0 Å². The number of rotatable bonds is 4. The van der Waals surface area contributed by atoms with E-state index in [2.05, 4.69) is 11.1 Å². The summed E-state index contributed by atoms with van der Waals surface area (Å²) >= 11 is 6.59. The highest BCUT2D eigenvalue weighted by Gasteiger charge is 2.56. The number of hydrogen-bond acceptors (Lipinski definition) is 3. The molecule has 1 aromatic heterocycles. The van der Waals surface area contributed by atoms with Gasteiger partial charge in [0, 0.05) is 42.0 Å². The monoisotopic (exact) mass is 437 g/mol. The predicted molar refractivity (Wildman–Crippen MR) is 119 cm³/mol. The fourth-order valence-electron chi connectivity index (χ4n) is 5.10. The molecule has 2 amide bonds. The molecule has 3 heterocycles. The summed E-state index contributed by atoms with van der Waals surface area (Å²) in [6.45, 7) is 3.08. The number of ether oxygens (including phenoxy) is 1. The van der Waals surface area contributed by atoms with Crippen LogP contribution in [0.25, 0.3) is 10.9 Å².